The highest BCUT2D eigenvalue weighted by molar-refractivity contribution is 6.57. The van der Waals surface area contributed by atoms with Gasteiger partial charge in [-0.2, -0.15) is 0 Å². The fraction of sp³-hybridized carbons (Fsp3) is 0.897. The second kappa shape index (κ2) is 34.6. The lowest BCUT2D eigenvalue weighted by atomic mass is 9.79. The van der Waals surface area contributed by atoms with Gasteiger partial charge in [0.15, 0.2) is 5.81 Å². The third-order valence-electron chi connectivity index (χ3n) is 15.3. The Morgan fingerprint density at radius 3 is 0.862 bits per heavy atom. The third-order valence-corrected chi connectivity index (χ3v) is 15.3. The molecule has 0 aliphatic rings. The van der Waals surface area contributed by atoms with Gasteiger partial charge in [-0.25, -0.2) is 0 Å². The van der Waals surface area contributed by atoms with Crippen molar-refractivity contribution in [2.45, 2.75) is 237 Å². The molecule has 87 heavy (non-hydrogen) atoms. The quantitative estimate of drug-likeness (QED) is 0.0284. The maximum Gasteiger partial charge on any atom is 0.242 e. The van der Waals surface area contributed by atoms with E-state index in [0.29, 0.717) is 85.6 Å². The molecule has 0 radical (unpaired) electrons. The van der Waals surface area contributed by atoms with Crippen LogP contribution in [-0.4, -0.2) is 147 Å². The summed E-state index contributed by atoms with van der Waals surface area (Å²) < 4.78 is 24.6. The van der Waals surface area contributed by atoms with E-state index in [4.69, 9.17) is 18.9 Å². The molecule has 0 heterocycles. The van der Waals surface area contributed by atoms with Crippen LogP contribution >= 0.6 is 0 Å². The summed E-state index contributed by atoms with van der Waals surface area (Å²) in [7, 11) is 1.33. The standard InChI is InChI=1S/C68H132BN7O11/c1-57(2,3)29-31-67(23,24)54(81)74-39-65(19,20)47-86-44-62(13,14)36-71-51(78)33-59(7,8)41-84-43-61(11,12)35-70-50(77)28-27-49(76-56(69)83)53(80)73-38-64(17,18)46-85-42-60(9,10)34-52(79)72-37-63(15,16)45-87-48-66(21,22)40-75-55(82)68(25,26)32-30-58(4,5)6/h49H,27-48,69H2,1-26H3,(H,70,77)(H,71,78)(H,72,79)(H,73,80)(H,74,81)(H,75,82)(H,76,83)/t49-/m0/s1. The minimum absolute atomic E-state index is 0.00673. The monoisotopic (exact) mass is 1230 g/mol. The third kappa shape index (κ3) is 41.3. The molecule has 0 aliphatic heterocycles. The van der Waals surface area contributed by atoms with Crippen LogP contribution in [0, 0.1) is 65.0 Å². The minimum Gasteiger partial charge on any atom is -0.380 e. The number of carbonyl (C=O) groups excluding carboxylic acids is 7. The first-order valence-electron chi connectivity index (χ1n) is 32.2. The van der Waals surface area contributed by atoms with E-state index in [-0.39, 0.29) is 100 Å². The lowest BCUT2D eigenvalue weighted by molar-refractivity contribution is -0.131. The summed E-state index contributed by atoms with van der Waals surface area (Å²) in [5.41, 5.74) is -3.63. The van der Waals surface area contributed by atoms with E-state index in [1.807, 2.05) is 96.9 Å². The Morgan fingerprint density at radius 1 is 0.333 bits per heavy atom. The van der Waals surface area contributed by atoms with Crippen LogP contribution in [0.1, 0.15) is 231 Å². The Bertz CT molecular complexity index is 2170. The molecule has 0 fully saturated rings. The van der Waals surface area contributed by atoms with Crippen molar-refractivity contribution < 1.29 is 52.5 Å². The maximum atomic E-state index is 13.4. The SMILES string of the molecule is BC(=O)N[C@@H](CCC(=O)NCC(C)(C)COCC(C)(C)CC(=O)NCC(C)(C)COCC(C)(C)CNC(=O)C(C)(C)CCC(C)(C)C)C(=O)NCC(C)(C)COCC(C)(C)CC(=O)NCC(C)(C)COCC(C)(C)CNC(=O)C(C)(C)CCC(C)(C)C. The van der Waals surface area contributed by atoms with Crippen molar-refractivity contribution >= 4 is 49.1 Å². The molecular formula is C68H132BN7O11. The van der Waals surface area contributed by atoms with Crippen molar-refractivity contribution in [3.05, 3.63) is 0 Å². The Hall–Kier alpha value is -3.81. The van der Waals surface area contributed by atoms with Crippen molar-refractivity contribution in [3.63, 3.8) is 0 Å². The molecule has 7 N–H and O–H groups in total. The van der Waals surface area contributed by atoms with Crippen LogP contribution in [0.25, 0.3) is 0 Å². The molecule has 0 aromatic rings. The summed E-state index contributed by atoms with van der Waals surface area (Å²) >= 11 is 0. The van der Waals surface area contributed by atoms with Crippen LogP contribution in [-0.2, 0) is 47.7 Å². The van der Waals surface area contributed by atoms with Crippen LogP contribution in [0.4, 0.5) is 4.79 Å². The topological polar surface area (TPSA) is 241 Å². The molecule has 0 aliphatic carbocycles. The molecule has 0 unspecified atom stereocenters. The minimum atomic E-state index is -0.924. The van der Waals surface area contributed by atoms with Gasteiger partial charge in [-0.05, 0) is 53.8 Å². The number of ether oxygens (including phenoxy) is 4. The number of hydrogen-bond acceptors (Lipinski definition) is 11. The first-order valence-corrected chi connectivity index (χ1v) is 32.2. The van der Waals surface area contributed by atoms with Gasteiger partial charge in [0.25, 0.3) is 0 Å². The van der Waals surface area contributed by atoms with Gasteiger partial charge in [0, 0.05) is 102 Å². The fourth-order valence-corrected chi connectivity index (χ4v) is 8.88. The molecule has 0 bridgehead atoms. The van der Waals surface area contributed by atoms with Crippen LogP contribution in [0.3, 0.4) is 0 Å². The van der Waals surface area contributed by atoms with E-state index in [9.17, 15) is 33.6 Å². The van der Waals surface area contributed by atoms with E-state index < -0.39 is 44.4 Å². The molecule has 0 aromatic carbocycles. The number of nitrogens with one attached hydrogen (secondary N) is 7. The molecule has 508 valence electrons. The normalized spacial score (nSPS) is 14.0. The van der Waals surface area contributed by atoms with E-state index >= 15 is 0 Å². The van der Waals surface area contributed by atoms with Gasteiger partial charge >= 0.3 is 0 Å². The van der Waals surface area contributed by atoms with Crippen LogP contribution in [0.5, 0.6) is 0 Å². The fourth-order valence-electron chi connectivity index (χ4n) is 8.88. The predicted octanol–water partition coefficient (Wildman–Crippen LogP) is 9.94. The van der Waals surface area contributed by atoms with Crippen molar-refractivity contribution in [1.29, 1.82) is 0 Å². The zero-order valence-electron chi connectivity index (χ0n) is 60.6. The molecule has 0 aromatic heterocycles. The lowest BCUT2D eigenvalue weighted by Gasteiger charge is -2.32. The second-order valence-corrected chi connectivity index (χ2v) is 35.7. The first-order chi connectivity index (χ1) is 39.0. The molecule has 0 rings (SSSR count). The Kier molecular flexibility index (Phi) is 33.1. The van der Waals surface area contributed by atoms with E-state index in [1.165, 1.54) is 7.85 Å². The average molecular weight is 1230 g/mol. The molecule has 0 spiro atoms. The summed E-state index contributed by atoms with van der Waals surface area (Å²) in [6.45, 7) is 58.9. The summed E-state index contributed by atoms with van der Waals surface area (Å²) in [5.74, 6) is -1.12. The molecule has 0 saturated heterocycles. The molecule has 1 atom stereocenters. The number of amides is 7. The molecule has 0 saturated carbocycles. The average Bonchev–Trinajstić information content (AvgIpc) is 2.91. The van der Waals surface area contributed by atoms with Crippen molar-refractivity contribution in [1.82, 2.24) is 37.2 Å². The van der Waals surface area contributed by atoms with E-state index in [2.05, 4.69) is 120 Å². The van der Waals surface area contributed by atoms with E-state index in [0.717, 1.165) is 25.7 Å². The van der Waals surface area contributed by atoms with Gasteiger partial charge < -0.3 is 56.2 Å². The summed E-state index contributed by atoms with van der Waals surface area (Å²) in [6, 6.07) is -0.924. The van der Waals surface area contributed by atoms with Gasteiger partial charge in [-0.15, -0.1) is 0 Å². The molecule has 19 heteroatoms. The highest BCUT2D eigenvalue weighted by atomic mass is 16.5. The van der Waals surface area contributed by atoms with Crippen molar-refractivity contribution in [2.75, 3.05) is 92.1 Å². The van der Waals surface area contributed by atoms with Crippen molar-refractivity contribution in [2.24, 2.45) is 65.0 Å². The maximum absolute atomic E-state index is 13.4. The first kappa shape index (κ1) is 83.2. The predicted molar refractivity (Wildman–Crippen MR) is 356 cm³/mol. The Labute approximate surface area is 531 Å². The molecule has 18 nitrogen and oxygen atoms in total. The van der Waals surface area contributed by atoms with Crippen molar-refractivity contribution in [3.8, 4) is 0 Å². The van der Waals surface area contributed by atoms with Crippen LogP contribution < -0.4 is 37.2 Å². The Morgan fingerprint density at radius 2 is 0.586 bits per heavy atom. The largest absolute Gasteiger partial charge is 0.380 e. The van der Waals surface area contributed by atoms with Gasteiger partial charge in [0.05, 0.1) is 52.9 Å². The number of rotatable bonds is 43. The van der Waals surface area contributed by atoms with Crippen LogP contribution in [0.2, 0.25) is 0 Å². The Balaban J connectivity index is 4.86. The number of carbonyl (C=O) groups is 7. The summed E-state index contributed by atoms with van der Waals surface area (Å²) in [6.07, 6.45) is 4.17. The van der Waals surface area contributed by atoms with Gasteiger partial charge in [0.2, 0.25) is 43.3 Å². The second-order valence-electron chi connectivity index (χ2n) is 35.7. The van der Waals surface area contributed by atoms with Gasteiger partial charge in [-0.1, -0.05) is 180 Å². The van der Waals surface area contributed by atoms with Gasteiger partial charge in [-0.3, -0.25) is 33.6 Å². The van der Waals surface area contributed by atoms with Crippen LogP contribution in [0.15, 0.2) is 0 Å². The lowest BCUT2D eigenvalue weighted by Crippen LogP contribution is -2.49. The van der Waals surface area contributed by atoms with Gasteiger partial charge in [0.1, 0.15) is 6.04 Å². The summed E-state index contributed by atoms with van der Waals surface area (Å²) in [4.78, 5) is 91.1. The zero-order valence-corrected chi connectivity index (χ0v) is 60.6. The molecule has 7 amide bonds. The zero-order chi connectivity index (χ0) is 68.0. The summed E-state index contributed by atoms with van der Waals surface area (Å²) in [5, 5.41) is 21.0. The smallest absolute Gasteiger partial charge is 0.242 e. The highest BCUT2D eigenvalue weighted by Gasteiger charge is 2.35. The highest BCUT2D eigenvalue weighted by Crippen LogP contribution is 2.33. The molecular weight excluding hydrogens is 1100 g/mol. The number of hydrogen-bond donors (Lipinski definition) is 7. The van der Waals surface area contributed by atoms with E-state index in [1.54, 1.807) is 0 Å².